The Morgan fingerprint density at radius 2 is 2.18 bits per heavy atom. The van der Waals surface area contributed by atoms with Crippen molar-refractivity contribution in [2.24, 2.45) is 0 Å². The Balaban J connectivity index is 2.44. The Bertz CT molecular complexity index is 515. The number of hydrogen-bond acceptors (Lipinski definition) is 2. The van der Waals surface area contributed by atoms with E-state index < -0.39 is 0 Å². The molecule has 1 aromatic carbocycles. The van der Waals surface area contributed by atoms with Gasteiger partial charge in [0, 0.05) is 12.1 Å². The Morgan fingerprint density at radius 3 is 2.88 bits per heavy atom. The molecule has 0 atom stereocenters. The van der Waals surface area contributed by atoms with Gasteiger partial charge in [0.05, 0.1) is 4.92 Å². The average Bonchev–Trinajstić information content (AvgIpc) is 2.26. The molecular weight excluding hydrogens is 214 g/mol. The van der Waals surface area contributed by atoms with Crippen LogP contribution in [0, 0.1) is 10.1 Å². The first-order valence-electron chi connectivity index (χ1n) is 5.69. The van der Waals surface area contributed by atoms with Crippen LogP contribution in [-0.2, 0) is 6.42 Å². The Kier molecular flexibility index (Phi) is 3.09. The monoisotopic (exact) mass is 229 g/mol. The molecule has 1 aliphatic rings. The molecule has 3 nitrogen and oxygen atoms in total. The molecule has 2 rings (SSSR count). The van der Waals surface area contributed by atoms with Gasteiger partial charge < -0.3 is 0 Å². The van der Waals surface area contributed by atoms with Gasteiger partial charge in [0.1, 0.15) is 0 Å². The highest BCUT2D eigenvalue weighted by Gasteiger charge is 2.14. The van der Waals surface area contributed by atoms with Crippen molar-refractivity contribution in [2.75, 3.05) is 0 Å². The van der Waals surface area contributed by atoms with E-state index in [-0.39, 0.29) is 10.6 Å². The van der Waals surface area contributed by atoms with Gasteiger partial charge in [-0.1, -0.05) is 18.2 Å². The van der Waals surface area contributed by atoms with Crippen LogP contribution >= 0.6 is 0 Å². The minimum atomic E-state index is -0.344. The average molecular weight is 229 g/mol. The van der Waals surface area contributed by atoms with Crippen molar-refractivity contribution in [1.29, 1.82) is 0 Å². The van der Waals surface area contributed by atoms with E-state index in [0.29, 0.717) is 0 Å². The third-order valence-corrected chi connectivity index (χ3v) is 3.08. The summed E-state index contributed by atoms with van der Waals surface area (Å²) >= 11 is 0. The molecule has 0 N–H and O–H groups in total. The maximum atomic E-state index is 10.7. The maximum Gasteiger partial charge on any atom is 0.269 e. The van der Waals surface area contributed by atoms with Gasteiger partial charge in [-0.05, 0) is 49.0 Å². The largest absolute Gasteiger partial charge is 0.269 e. The minimum absolute atomic E-state index is 0.165. The van der Waals surface area contributed by atoms with Gasteiger partial charge in [-0.25, -0.2) is 0 Å². The zero-order valence-corrected chi connectivity index (χ0v) is 9.90. The van der Waals surface area contributed by atoms with E-state index in [2.05, 4.69) is 19.6 Å². The summed E-state index contributed by atoms with van der Waals surface area (Å²) in [7, 11) is 0. The van der Waals surface area contributed by atoms with Crippen LogP contribution in [-0.4, -0.2) is 4.92 Å². The van der Waals surface area contributed by atoms with Crippen molar-refractivity contribution < 1.29 is 4.92 Å². The lowest BCUT2D eigenvalue weighted by atomic mass is 9.90. The number of allylic oxidation sites excluding steroid dienone is 3. The second-order valence-corrected chi connectivity index (χ2v) is 4.47. The van der Waals surface area contributed by atoms with Crippen LogP contribution in [0.1, 0.15) is 30.9 Å². The summed E-state index contributed by atoms with van der Waals surface area (Å²) in [4.78, 5) is 10.4. The smallest absolute Gasteiger partial charge is 0.258 e. The summed E-state index contributed by atoms with van der Waals surface area (Å²) in [6, 6.07) is 5.06. The van der Waals surface area contributed by atoms with Crippen LogP contribution in [0.2, 0.25) is 0 Å². The molecule has 0 amide bonds. The van der Waals surface area contributed by atoms with Gasteiger partial charge in [-0.2, -0.15) is 0 Å². The highest BCUT2D eigenvalue weighted by molar-refractivity contribution is 5.69. The summed E-state index contributed by atoms with van der Waals surface area (Å²) in [5.74, 6) is 0. The molecule has 0 aromatic heterocycles. The Labute approximate surface area is 101 Å². The molecule has 1 aliphatic carbocycles. The lowest BCUT2D eigenvalue weighted by Gasteiger charge is -2.15. The van der Waals surface area contributed by atoms with E-state index in [1.165, 1.54) is 5.57 Å². The van der Waals surface area contributed by atoms with Crippen LogP contribution in [0.4, 0.5) is 5.69 Å². The Morgan fingerprint density at radius 1 is 1.41 bits per heavy atom. The van der Waals surface area contributed by atoms with Crippen molar-refractivity contribution in [3.8, 4) is 0 Å². The second kappa shape index (κ2) is 4.53. The van der Waals surface area contributed by atoms with Crippen molar-refractivity contribution in [3.05, 3.63) is 57.7 Å². The number of non-ortho nitro benzene ring substituents is 1. The number of hydrogen-bond donors (Lipinski definition) is 0. The molecule has 0 saturated heterocycles. The molecule has 17 heavy (non-hydrogen) atoms. The normalized spacial score (nSPS) is 18.6. The van der Waals surface area contributed by atoms with E-state index in [4.69, 9.17) is 0 Å². The lowest BCUT2D eigenvalue weighted by Crippen LogP contribution is -1.99. The van der Waals surface area contributed by atoms with Crippen molar-refractivity contribution in [1.82, 2.24) is 0 Å². The van der Waals surface area contributed by atoms with Gasteiger partial charge in [0.2, 0.25) is 0 Å². The summed E-state index contributed by atoms with van der Waals surface area (Å²) in [5, 5.41) is 10.7. The lowest BCUT2D eigenvalue weighted by molar-refractivity contribution is -0.384. The molecule has 0 bridgehead atoms. The van der Waals surface area contributed by atoms with Crippen molar-refractivity contribution >= 4 is 11.3 Å². The maximum absolute atomic E-state index is 10.7. The fourth-order valence-corrected chi connectivity index (χ4v) is 2.22. The van der Waals surface area contributed by atoms with E-state index in [1.807, 2.05) is 6.07 Å². The highest BCUT2D eigenvalue weighted by Crippen LogP contribution is 2.30. The van der Waals surface area contributed by atoms with Gasteiger partial charge in [0.15, 0.2) is 0 Å². The van der Waals surface area contributed by atoms with Gasteiger partial charge in [-0.3, -0.25) is 10.1 Å². The van der Waals surface area contributed by atoms with Crippen LogP contribution in [0.5, 0.6) is 0 Å². The van der Waals surface area contributed by atoms with Gasteiger partial charge >= 0.3 is 0 Å². The van der Waals surface area contributed by atoms with Crippen molar-refractivity contribution in [3.63, 3.8) is 0 Å². The number of benzene rings is 1. The van der Waals surface area contributed by atoms with Crippen LogP contribution in [0.15, 0.2) is 36.4 Å². The fraction of sp³-hybridized carbons (Fsp3) is 0.286. The first-order valence-corrected chi connectivity index (χ1v) is 5.69. The van der Waals surface area contributed by atoms with Crippen LogP contribution < -0.4 is 0 Å². The number of aryl methyl sites for hydroxylation is 1. The van der Waals surface area contributed by atoms with E-state index >= 15 is 0 Å². The topological polar surface area (TPSA) is 43.1 Å². The quantitative estimate of drug-likeness (QED) is 0.416. The van der Waals surface area contributed by atoms with E-state index in [1.54, 1.807) is 12.1 Å². The number of fused-ring (bicyclic) bond motifs is 1. The van der Waals surface area contributed by atoms with Crippen LogP contribution in [0.25, 0.3) is 5.57 Å². The van der Waals surface area contributed by atoms with Gasteiger partial charge in [-0.15, -0.1) is 0 Å². The third-order valence-electron chi connectivity index (χ3n) is 3.08. The zero-order chi connectivity index (χ0) is 12.4. The third kappa shape index (κ3) is 2.44. The Hall–Kier alpha value is -1.90. The standard InChI is InChI=1S/C14H15NO2/c1-10-4-3-5-12-9-13(15(16)17)6-7-14(12)11(2)8-10/h4,6-7,9H,2-3,5,8H2,1H3/b10-4+. The molecule has 1 aromatic rings. The number of rotatable bonds is 1. The molecule has 0 heterocycles. The molecule has 0 aliphatic heterocycles. The SMILES string of the molecule is C=C1C/C(C)=C/CCc2cc([N+](=O)[O-])ccc21. The van der Waals surface area contributed by atoms with Crippen LogP contribution in [0.3, 0.4) is 0 Å². The second-order valence-electron chi connectivity index (χ2n) is 4.47. The highest BCUT2D eigenvalue weighted by atomic mass is 16.6. The molecule has 0 radical (unpaired) electrons. The molecule has 0 spiro atoms. The summed E-state index contributed by atoms with van der Waals surface area (Å²) in [5.41, 5.74) is 4.64. The first kappa shape index (κ1) is 11.6. The number of nitrogens with zero attached hydrogens (tertiary/aromatic N) is 1. The fourth-order valence-electron chi connectivity index (χ4n) is 2.22. The van der Waals surface area contributed by atoms with E-state index in [9.17, 15) is 10.1 Å². The zero-order valence-electron chi connectivity index (χ0n) is 9.90. The molecule has 88 valence electrons. The predicted molar refractivity (Wildman–Crippen MR) is 68.8 cm³/mol. The summed E-state index contributed by atoms with van der Waals surface area (Å²) in [6.45, 7) is 6.17. The molecular formula is C14H15NO2. The molecule has 0 saturated carbocycles. The molecule has 0 fully saturated rings. The number of nitro benzene ring substituents is 1. The minimum Gasteiger partial charge on any atom is -0.258 e. The van der Waals surface area contributed by atoms with E-state index in [0.717, 1.165) is 36.0 Å². The van der Waals surface area contributed by atoms with Crippen molar-refractivity contribution in [2.45, 2.75) is 26.2 Å². The predicted octanol–water partition coefficient (Wildman–Crippen LogP) is 3.89. The number of nitro groups is 1. The summed E-state index contributed by atoms with van der Waals surface area (Å²) in [6.07, 6.45) is 4.82. The summed E-state index contributed by atoms with van der Waals surface area (Å²) < 4.78 is 0. The van der Waals surface area contributed by atoms with Gasteiger partial charge in [0.25, 0.3) is 5.69 Å². The molecule has 3 heteroatoms. The first-order chi connectivity index (χ1) is 8.08. The molecule has 0 unspecified atom stereocenters.